The maximum Gasteiger partial charge on any atom is 0.271 e. The Kier molecular flexibility index (Phi) is 8.70. The zero-order valence-electron chi connectivity index (χ0n) is 20.6. The van der Waals surface area contributed by atoms with Crippen molar-refractivity contribution in [3.05, 3.63) is 82.1 Å². The lowest BCUT2D eigenvalue weighted by Crippen LogP contribution is -2.39. The number of aromatic nitrogens is 2. The SMILES string of the molecule is C/C=C/C(=O)Nc1cccc(S(=O)(=O)N2CC[C@@H](NC(=O)c3[nH]ncc3NC(=O)c3c(Cl)cccc3Cl)C2)c1. The Hall–Kier alpha value is -3.71. The molecule has 39 heavy (non-hydrogen) atoms. The van der Waals surface area contributed by atoms with Crippen LogP contribution in [0.25, 0.3) is 0 Å². The minimum atomic E-state index is -3.88. The van der Waals surface area contributed by atoms with Crippen molar-refractivity contribution in [3.8, 4) is 0 Å². The second-order valence-electron chi connectivity index (χ2n) is 8.55. The predicted molar refractivity (Wildman–Crippen MR) is 148 cm³/mol. The topological polar surface area (TPSA) is 153 Å². The Morgan fingerprint density at radius 2 is 1.79 bits per heavy atom. The maximum absolute atomic E-state index is 13.2. The summed E-state index contributed by atoms with van der Waals surface area (Å²) in [5, 5.41) is 14.6. The Labute approximate surface area is 234 Å². The van der Waals surface area contributed by atoms with Gasteiger partial charge in [0.2, 0.25) is 15.9 Å². The van der Waals surface area contributed by atoms with Gasteiger partial charge in [-0.2, -0.15) is 9.40 Å². The number of anilines is 2. The number of benzene rings is 2. The molecule has 0 radical (unpaired) electrons. The lowest BCUT2D eigenvalue weighted by atomic mass is 10.2. The molecule has 0 spiro atoms. The molecule has 4 N–H and O–H groups in total. The van der Waals surface area contributed by atoms with Gasteiger partial charge in [0.1, 0.15) is 5.69 Å². The molecule has 0 bridgehead atoms. The van der Waals surface area contributed by atoms with Crippen LogP contribution in [0.3, 0.4) is 0 Å². The van der Waals surface area contributed by atoms with Gasteiger partial charge in [0.05, 0.1) is 32.4 Å². The number of hydrogen-bond acceptors (Lipinski definition) is 6. The van der Waals surface area contributed by atoms with Crippen LogP contribution in [-0.2, 0) is 14.8 Å². The number of allylic oxidation sites excluding steroid dienone is 1. The Morgan fingerprint density at radius 1 is 1.08 bits per heavy atom. The van der Waals surface area contributed by atoms with Crippen molar-refractivity contribution in [1.82, 2.24) is 19.8 Å². The third-order valence-corrected chi connectivity index (χ3v) is 8.34. The second-order valence-corrected chi connectivity index (χ2v) is 11.3. The largest absolute Gasteiger partial charge is 0.347 e. The van der Waals surface area contributed by atoms with Gasteiger partial charge in [0.15, 0.2) is 0 Å². The molecular weight excluding hydrogens is 567 g/mol. The van der Waals surface area contributed by atoms with Crippen LogP contribution in [0.1, 0.15) is 34.2 Å². The molecule has 1 atom stereocenters. The third-order valence-electron chi connectivity index (χ3n) is 5.85. The minimum absolute atomic E-state index is 0.0163. The van der Waals surface area contributed by atoms with Gasteiger partial charge in [-0.25, -0.2) is 8.42 Å². The summed E-state index contributed by atoms with van der Waals surface area (Å²) in [6, 6.07) is 10.1. The van der Waals surface area contributed by atoms with E-state index in [1.54, 1.807) is 25.1 Å². The number of hydrogen-bond donors (Lipinski definition) is 4. The second kappa shape index (κ2) is 12.0. The predicted octanol–water partition coefficient (Wildman–Crippen LogP) is 3.68. The number of sulfonamides is 1. The van der Waals surface area contributed by atoms with Crippen molar-refractivity contribution in [1.29, 1.82) is 0 Å². The number of nitrogens with zero attached hydrogens (tertiary/aromatic N) is 2. The van der Waals surface area contributed by atoms with E-state index in [2.05, 4.69) is 26.1 Å². The third kappa shape index (κ3) is 6.48. The van der Waals surface area contributed by atoms with Crippen LogP contribution in [0.2, 0.25) is 10.0 Å². The van der Waals surface area contributed by atoms with Crippen LogP contribution in [0.4, 0.5) is 11.4 Å². The van der Waals surface area contributed by atoms with E-state index in [4.69, 9.17) is 23.2 Å². The smallest absolute Gasteiger partial charge is 0.271 e. The Balaban J connectivity index is 1.41. The van der Waals surface area contributed by atoms with Crippen molar-refractivity contribution in [2.24, 2.45) is 0 Å². The monoisotopic (exact) mass is 590 g/mol. The molecule has 1 fully saturated rings. The summed E-state index contributed by atoms with van der Waals surface area (Å²) < 4.78 is 27.7. The van der Waals surface area contributed by atoms with E-state index >= 15 is 0 Å². The number of carbonyl (C=O) groups excluding carboxylic acids is 3. The zero-order valence-corrected chi connectivity index (χ0v) is 22.9. The number of amides is 3. The van der Waals surface area contributed by atoms with E-state index < -0.39 is 27.9 Å². The summed E-state index contributed by atoms with van der Waals surface area (Å²) >= 11 is 12.2. The van der Waals surface area contributed by atoms with E-state index in [1.807, 2.05) is 0 Å². The highest BCUT2D eigenvalue weighted by Gasteiger charge is 2.34. The Bertz CT molecular complexity index is 1540. The highest BCUT2D eigenvalue weighted by atomic mass is 35.5. The quantitative estimate of drug-likeness (QED) is 0.293. The number of nitrogens with one attached hydrogen (secondary N) is 4. The fourth-order valence-electron chi connectivity index (χ4n) is 3.99. The summed E-state index contributed by atoms with van der Waals surface area (Å²) in [6.45, 7) is 1.91. The molecule has 2 heterocycles. The highest BCUT2D eigenvalue weighted by molar-refractivity contribution is 7.89. The minimum Gasteiger partial charge on any atom is -0.347 e. The molecule has 4 rings (SSSR count). The van der Waals surface area contributed by atoms with Crippen molar-refractivity contribution >= 4 is 62.3 Å². The molecule has 204 valence electrons. The molecule has 3 amide bonds. The molecule has 0 aliphatic carbocycles. The summed E-state index contributed by atoms with van der Waals surface area (Å²) in [4.78, 5) is 37.5. The molecule has 1 saturated heterocycles. The van der Waals surface area contributed by atoms with Crippen LogP contribution in [0, 0.1) is 0 Å². The van der Waals surface area contributed by atoms with E-state index in [-0.39, 0.29) is 50.9 Å². The van der Waals surface area contributed by atoms with Gasteiger partial charge in [0.25, 0.3) is 11.8 Å². The van der Waals surface area contributed by atoms with Gasteiger partial charge in [-0.05, 0) is 49.8 Å². The molecule has 14 heteroatoms. The molecule has 1 aliphatic rings. The van der Waals surface area contributed by atoms with E-state index in [9.17, 15) is 22.8 Å². The average molecular weight is 591 g/mol. The molecule has 0 unspecified atom stereocenters. The fourth-order valence-corrected chi connectivity index (χ4v) is 6.11. The Morgan fingerprint density at radius 3 is 2.51 bits per heavy atom. The van der Waals surface area contributed by atoms with Gasteiger partial charge in [-0.1, -0.05) is 41.4 Å². The van der Waals surface area contributed by atoms with Crippen LogP contribution >= 0.6 is 23.2 Å². The lowest BCUT2D eigenvalue weighted by molar-refractivity contribution is -0.111. The summed E-state index contributed by atoms with van der Waals surface area (Å²) in [6.07, 6.45) is 4.54. The normalized spacial score (nSPS) is 15.8. The number of H-pyrrole nitrogens is 1. The number of aromatic amines is 1. The van der Waals surface area contributed by atoms with Gasteiger partial charge in [-0.3, -0.25) is 19.5 Å². The van der Waals surface area contributed by atoms with Crippen molar-refractivity contribution in [3.63, 3.8) is 0 Å². The van der Waals surface area contributed by atoms with E-state index in [0.717, 1.165) is 0 Å². The molecule has 0 saturated carbocycles. The number of halogens is 2. The van der Waals surface area contributed by atoms with Gasteiger partial charge >= 0.3 is 0 Å². The first-order valence-corrected chi connectivity index (χ1v) is 13.9. The van der Waals surface area contributed by atoms with Crippen molar-refractivity contribution < 1.29 is 22.8 Å². The molecular formula is C25H24Cl2N6O5S. The zero-order chi connectivity index (χ0) is 28.2. The number of rotatable bonds is 8. The summed E-state index contributed by atoms with van der Waals surface area (Å²) in [7, 11) is -3.88. The molecule has 3 aromatic rings. The molecule has 1 aromatic heterocycles. The highest BCUT2D eigenvalue weighted by Crippen LogP contribution is 2.27. The molecule has 1 aliphatic heterocycles. The molecule has 2 aromatic carbocycles. The van der Waals surface area contributed by atoms with Crippen molar-refractivity contribution in [2.75, 3.05) is 23.7 Å². The van der Waals surface area contributed by atoms with Crippen LogP contribution in [0.5, 0.6) is 0 Å². The van der Waals surface area contributed by atoms with Crippen LogP contribution in [0.15, 0.2) is 65.7 Å². The first kappa shape index (κ1) is 28.3. The number of carbonyl (C=O) groups is 3. The van der Waals surface area contributed by atoms with Crippen LogP contribution in [-0.4, -0.2) is 59.8 Å². The molecule has 11 nitrogen and oxygen atoms in total. The van der Waals surface area contributed by atoms with E-state index in [1.165, 1.54) is 46.9 Å². The fraction of sp³-hybridized carbons (Fsp3) is 0.200. The summed E-state index contributed by atoms with van der Waals surface area (Å²) in [5.41, 5.74) is 0.482. The van der Waals surface area contributed by atoms with Gasteiger partial charge in [0, 0.05) is 24.8 Å². The van der Waals surface area contributed by atoms with Gasteiger partial charge in [-0.15, -0.1) is 0 Å². The van der Waals surface area contributed by atoms with Gasteiger partial charge < -0.3 is 16.0 Å². The summed E-state index contributed by atoms with van der Waals surface area (Å²) in [5.74, 6) is -1.57. The van der Waals surface area contributed by atoms with E-state index in [0.29, 0.717) is 12.1 Å². The first-order valence-electron chi connectivity index (χ1n) is 11.7. The lowest BCUT2D eigenvalue weighted by Gasteiger charge is -2.18. The van der Waals surface area contributed by atoms with Crippen molar-refractivity contribution in [2.45, 2.75) is 24.3 Å². The maximum atomic E-state index is 13.2. The average Bonchev–Trinajstić information content (AvgIpc) is 3.54. The first-order chi connectivity index (χ1) is 18.6. The van der Waals surface area contributed by atoms with Crippen LogP contribution < -0.4 is 16.0 Å². The standard InChI is InChI=1S/C25H24Cl2N6O5S/c1-2-5-21(34)29-15-6-3-7-17(12-15)39(37,38)33-11-10-16(14-33)30-25(36)23-20(13-28-32-23)31-24(35)22-18(26)8-4-9-19(22)27/h2-9,12-13,16H,10-11,14H2,1H3,(H,28,32)(H,29,34)(H,30,36)(H,31,35)/b5-2+/t16-/m1/s1.